The Labute approximate surface area is 220 Å². The van der Waals surface area contributed by atoms with Crippen molar-refractivity contribution in [3.8, 4) is 0 Å². The molecule has 11 heteroatoms. The first-order valence-electron chi connectivity index (χ1n) is 12.4. The molecule has 38 heavy (non-hydrogen) atoms. The van der Waals surface area contributed by atoms with Crippen molar-refractivity contribution in [2.45, 2.75) is 32.6 Å². The van der Waals surface area contributed by atoms with E-state index in [1.807, 2.05) is 48.8 Å². The number of carbonyl (C=O) groups excluding carboxylic acids is 2. The van der Waals surface area contributed by atoms with Gasteiger partial charge in [0.15, 0.2) is 0 Å². The molecule has 0 aliphatic carbocycles. The lowest BCUT2D eigenvalue weighted by Gasteiger charge is -2.19. The number of amides is 2. The van der Waals surface area contributed by atoms with Gasteiger partial charge in [-0.3, -0.25) is 19.5 Å². The van der Waals surface area contributed by atoms with Gasteiger partial charge in [-0.05, 0) is 68.3 Å². The average molecular weight is 517 g/mol. The zero-order chi connectivity index (χ0) is 27.1. The Bertz CT molecular complexity index is 1420. The molecule has 11 nitrogen and oxygen atoms in total. The van der Waals surface area contributed by atoms with Gasteiger partial charge in [-0.15, -0.1) is 0 Å². The number of carbonyl (C=O) groups is 2. The van der Waals surface area contributed by atoms with Crippen LogP contribution in [0.1, 0.15) is 41.7 Å². The number of nitrogens with zero attached hydrogens (tertiary/aromatic N) is 5. The minimum Gasteiger partial charge on any atom is -0.352 e. The molecule has 0 aliphatic rings. The fraction of sp³-hybridized carbons (Fsp3) is 0.296. The highest BCUT2D eigenvalue weighted by molar-refractivity contribution is 5.94. The SMILES string of the molecule is Cc1c2ccc(N(C)c3ccnc(Nc4ccc(C(=O)NCCCCCC(=O)NO)cc4)n3)cc2nn1C. The summed E-state index contributed by atoms with van der Waals surface area (Å²) in [6, 6.07) is 15.1. The molecule has 2 amide bonds. The smallest absolute Gasteiger partial charge is 0.251 e. The predicted molar refractivity (Wildman–Crippen MR) is 146 cm³/mol. The second-order valence-electron chi connectivity index (χ2n) is 9.01. The number of anilines is 4. The Morgan fingerprint density at radius 3 is 2.61 bits per heavy atom. The van der Waals surface area contributed by atoms with Crippen LogP contribution in [-0.2, 0) is 11.8 Å². The minimum absolute atomic E-state index is 0.162. The highest BCUT2D eigenvalue weighted by Gasteiger charge is 2.12. The molecule has 4 rings (SSSR count). The molecule has 0 unspecified atom stereocenters. The molecular formula is C27H32N8O3. The molecule has 0 atom stereocenters. The van der Waals surface area contributed by atoms with Crippen LogP contribution in [0.25, 0.3) is 10.9 Å². The van der Waals surface area contributed by atoms with Crippen LogP contribution >= 0.6 is 0 Å². The van der Waals surface area contributed by atoms with Gasteiger partial charge in [0.2, 0.25) is 11.9 Å². The average Bonchev–Trinajstić information content (AvgIpc) is 3.22. The number of benzene rings is 2. The van der Waals surface area contributed by atoms with E-state index in [-0.39, 0.29) is 12.3 Å². The summed E-state index contributed by atoms with van der Waals surface area (Å²) in [4.78, 5) is 34.3. The van der Waals surface area contributed by atoms with E-state index < -0.39 is 5.91 Å². The lowest BCUT2D eigenvalue weighted by atomic mass is 10.1. The van der Waals surface area contributed by atoms with Crippen molar-refractivity contribution in [1.29, 1.82) is 0 Å². The van der Waals surface area contributed by atoms with Crippen LogP contribution in [0.3, 0.4) is 0 Å². The van der Waals surface area contributed by atoms with Gasteiger partial charge in [-0.2, -0.15) is 10.1 Å². The van der Waals surface area contributed by atoms with Crippen molar-refractivity contribution in [3.05, 3.63) is 66.0 Å². The second kappa shape index (κ2) is 12.2. The van der Waals surface area contributed by atoms with Gasteiger partial charge in [0.25, 0.3) is 5.91 Å². The summed E-state index contributed by atoms with van der Waals surface area (Å²) in [5.41, 5.74) is 5.93. The largest absolute Gasteiger partial charge is 0.352 e. The normalized spacial score (nSPS) is 10.8. The highest BCUT2D eigenvalue weighted by atomic mass is 16.5. The monoisotopic (exact) mass is 516 g/mol. The van der Waals surface area contributed by atoms with Gasteiger partial charge >= 0.3 is 0 Å². The molecule has 4 N–H and O–H groups in total. The summed E-state index contributed by atoms with van der Waals surface area (Å²) in [5.74, 6) is 0.604. The van der Waals surface area contributed by atoms with Crippen LogP contribution in [0.5, 0.6) is 0 Å². The molecule has 2 aromatic heterocycles. The van der Waals surface area contributed by atoms with Gasteiger partial charge in [0.1, 0.15) is 5.82 Å². The van der Waals surface area contributed by atoms with Crippen LogP contribution in [0, 0.1) is 6.92 Å². The fourth-order valence-electron chi connectivity index (χ4n) is 4.04. The quantitative estimate of drug-likeness (QED) is 0.133. The number of aromatic nitrogens is 4. The molecule has 4 aromatic rings. The number of rotatable bonds is 11. The number of nitrogens with one attached hydrogen (secondary N) is 3. The van der Waals surface area contributed by atoms with Crippen LogP contribution < -0.4 is 21.0 Å². The minimum atomic E-state index is -0.399. The Balaban J connectivity index is 1.32. The summed E-state index contributed by atoms with van der Waals surface area (Å²) in [6.07, 6.45) is 4.15. The van der Waals surface area contributed by atoms with E-state index in [1.165, 1.54) is 0 Å². The Hall–Kier alpha value is -4.51. The molecule has 0 bridgehead atoms. The van der Waals surface area contributed by atoms with Gasteiger partial charge in [-0.25, -0.2) is 10.5 Å². The zero-order valence-corrected chi connectivity index (χ0v) is 21.7. The summed E-state index contributed by atoms with van der Waals surface area (Å²) < 4.78 is 1.88. The van der Waals surface area contributed by atoms with E-state index in [4.69, 9.17) is 5.21 Å². The molecule has 0 saturated heterocycles. The van der Waals surface area contributed by atoms with E-state index >= 15 is 0 Å². The maximum absolute atomic E-state index is 12.4. The Kier molecular flexibility index (Phi) is 8.49. The molecule has 2 aromatic carbocycles. The molecular weight excluding hydrogens is 484 g/mol. The van der Waals surface area contributed by atoms with Crippen LogP contribution in [0.15, 0.2) is 54.7 Å². The van der Waals surface area contributed by atoms with Crippen molar-refractivity contribution in [2.75, 3.05) is 23.8 Å². The third-order valence-electron chi connectivity index (χ3n) is 6.38. The molecule has 0 saturated carbocycles. The fourth-order valence-corrected chi connectivity index (χ4v) is 4.04. The maximum Gasteiger partial charge on any atom is 0.251 e. The van der Waals surface area contributed by atoms with E-state index in [0.717, 1.165) is 46.6 Å². The third-order valence-corrected chi connectivity index (χ3v) is 6.38. The van der Waals surface area contributed by atoms with Crippen molar-refractivity contribution in [3.63, 3.8) is 0 Å². The first kappa shape index (κ1) is 26.6. The number of aryl methyl sites for hydroxylation is 2. The highest BCUT2D eigenvalue weighted by Crippen LogP contribution is 2.27. The van der Waals surface area contributed by atoms with Gasteiger partial charge < -0.3 is 15.5 Å². The van der Waals surface area contributed by atoms with E-state index in [1.54, 1.807) is 35.9 Å². The van der Waals surface area contributed by atoms with E-state index in [2.05, 4.69) is 31.8 Å². The molecule has 2 heterocycles. The molecule has 0 radical (unpaired) electrons. The van der Waals surface area contributed by atoms with Crippen molar-refractivity contribution in [2.24, 2.45) is 7.05 Å². The lowest BCUT2D eigenvalue weighted by Crippen LogP contribution is -2.24. The number of hydroxylamine groups is 1. The van der Waals surface area contributed by atoms with Crippen molar-refractivity contribution in [1.82, 2.24) is 30.5 Å². The first-order valence-corrected chi connectivity index (χ1v) is 12.4. The Morgan fingerprint density at radius 2 is 1.84 bits per heavy atom. The summed E-state index contributed by atoms with van der Waals surface area (Å²) >= 11 is 0. The Morgan fingerprint density at radius 1 is 1.05 bits per heavy atom. The van der Waals surface area contributed by atoms with Crippen LogP contribution in [0.4, 0.5) is 23.1 Å². The zero-order valence-electron chi connectivity index (χ0n) is 21.7. The second-order valence-corrected chi connectivity index (χ2v) is 9.01. The topological polar surface area (TPSA) is 137 Å². The lowest BCUT2D eigenvalue weighted by molar-refractivity contribution is -0.129. The maximum atomic E-state index is 12.4. The van der Waals surface area contributed by atoms with Gasteiger partial charge in [-0.1, -0.05) is 6.42 Å². The van der Waals surface area contributed by atoms with E-state index in [0.29, 0.717) is 24.5 Å². The van der Waals surface area contributed by atoms with Crippen molar-refractivity contribution >= 4 is 45.9 Å². The summed E-state index contributed by atoms with van der Waals surface area (Å²) in [5, 5.41) is 20.2. The predicted octanol–water partition coefficient (Wildman–Crippen LogP) is 3.98. The number of hydrogen-bond acceptors (Lipinski definition) is 8. The van der Waals surface area contributed by atoms with Crippen molar-refractivity contribution < 1.29 is 14.8 Å². The standard InChI is InChI=1S/C27H32N8O3/c1-18-22-13-12-21(17-23(22)32-35(18)3)34(2)24-14-16-29-27(31-24)30-20-10-8-19(9-11-20)26(37)28-15-6-4-5-7-25(36)33-38/h8-14,16-17,38H,4-7,15H2,1-3H3,(H,28,37)(H,33,36)(H,29,30,31). The molecule has 0 fully saturated rings. The third kappa shape index (κ3) is 6.43. The van der Waals surface area contributed by atoms with Gasteiger partial charge in [0, 0.05) is 61.3 Å². The number of hydrogen-bond donors (Lipinski definition) is 4. The number of fused-ring (bicyclic) bond motifs is 1. The molecule has 0 spiro atoms. The summed E-state index contributed by atoms with van der Waals surface area (Å²) in [7, 11) is 3.88. The number of unbranched alkanes of at least 4 members (excludes halogenated alkanes) is 2. The summed E-state index contributed by atoms with van der Waals surface area (Å²) in [6.45, 7) is 2.56. The van der Waals surface area contributed by atoms with E-state index in [9.17, 15) is 9.59 Å². The van der Waals surface area contributed by atoms with Crippen LogP contribution in [-0.4, -0.2) is 50.4 Å². The van der Waals surface area contributed by atoms with Gasteiger partial charge in [0.05, 0.1) is 5.52 Å². The molecule has 198 valence electrons. The van der Waals surface area contributed by atoms with Crippen LogP contribution in [0.2, 0.25) is 0 Å². The first-order chi connectivity index (χ1) is 18.4. The molecule has 0 aliphatic heterocycles.